The van der Waals surface area contributed by atoms with E-state index in [1.165, 1.54) is 0 Å². The Morgan fingerprint density at radius 2 is 0.500 bits per heavy atom. The van der Waals surface area contributed by atoms with Crippen molar-refractivity contribution in [3.8, 4) is 0 Å². The molecule has 67 valence electrons. The van der Waals surface area contributed by atoms with Gasteiger partial charge in [-0.3, -0.25) is 0 Å². The summed E-state index contributed by atoms with van der Waals surface area (Å²) in [6.45, 7) is 27.5. The van der Waals surface area contributed by atoms with E-state index in [1.807, 2.05) is 0 Å². The van der Waals surface area contributed by atoms with Crippen LogP contribution in [0.15, 0.2) is 0 Å². The van der Waals surface area contributed by atoms with Crippen molar-refractivity contribution in [2.75, 3.05) is 0 Å². The minimum atomic E-state index is 0. The maximum Gasteiger partial charge on any atom is 1.00 e. The van der Waals surface area contributed by atoms with Crippen LogP contribution in [0.5, 0.6) is 0 Å². The van der Waals surface area contributed by atoms with E-state index in [-0.39, 0.29) is 50.0 Å². The predicted molar refractivity (Wildman–Crippen MR) is 25.7 cm³/mol. The minimum Gasteiger partial charge on any atom is 0 e. The molecule has 0 heterocycles. The number of rotatable bonds is 0. The minimum absolute atomic E-state index is 0. The van der Waals surface area contributed by atoms with Gasteiger partial charge in [-0.1, -0.05) is 0 Å². The first-order chi connectivity index (χ1) is 6.00. The summed E-state index contributed by atoms with van der Waals surface area (Å²) in [5.41, 5.74) is 0. The molecular formula is C6N2NaO4Re-. The summed E-state index contributed by atoms with van der Waals surface area (Å²) in [5.74, 6) is 0. The molecule has 0 aromatic rings. The molecule has 0 saturated heterocycles. The Labute approximate surface area is 118 Å². The van der Waals surface area contributed by atoms with Crippen LogP contribution in [0.2, 0.25) is 0 Å². The number of nitrogens with zero attached hydrogens (tertiary/aromatic N) is 2. The molecule has 0 aromatic heterocycles. The molecule has 1 radical (unpaired) electrons. The Bertz CT molecular complexity index is 103. The Kier molecular flexibility index (Phi) is 52700. The second-order valence-electron chi connectivity index (χ2n) is 0. The van der Waals surface area contributed by atoms with Gasteiger partial charge in [-0.15, -0.1) is 0 Å². The molecule has 0 atom stereocenters. The van der Waals surface area contributed by atoms with Gasteiger partial charge in [0.15, 0.2) is 0 Å². The van der Waals surface area contributed by atoms with Gasteiger partial charge in [-0.05, 0) is 0 Å². The molecule has 0 rings (SSSR count). The summed E-state index contributed by atoms with van der Waals surface area (Å²) in [7, 11) is 0. The van der Waals surface area contributed by atoms with Crippen LogP contribution in [0.3, 0.4) is 0 Å². The first-order valence-corrected chi connectivity index (χ1v) is 1.26. The molecule has 8 heteroatoms. The van der Waals surface area contributed by atoms with E-state index in [2.05, 4.69) is 26.6 Å². The monoisotopic (exact) mass is 374 g/mol. The van der Waals surface area contributed by atoms with Gasteiger partial charge in [-0.2, -0.15) is 0 Å². The Morgan fingerprint density at radius 1 is 0.500 bits per heavy atom. The average Bonchev–Trinajstić information content (AvgIpc) is 2.33. The van der Waals surface area contributed by atoms with Crippen molar-refractivity contribution >= 4 is 0 Å². The zero-order valence-electron chi connectivity index (χ0n) is 6.91. The van der Waals surface area contributed by atoms with Crippen molar-refractivity contribution in [1.29, 1.82) is 10.5 Å². The fourth-order valence-corrected chi connectivity index (χ4v) is 0. The fraction of sp³-hybridized carbons (Fsp3) is 0. The van der Waals surface area contributed by atoms with E-state index in [0.717, 1.165) is 0 Å². The molecule has 0 spiro atoms. The van der Waals surface area contributed by atoms with Crippen molar-refractivity contribution in [1.82, 2.24) is 0 Å². The summed E-state index contributed by atoms with van der Waals surface area (Å²) >= 11 is 0. The molecule has 0 aliphatic heterocycles. The predicted octanol–water partition coefficient (Wildman–Crippen LogP) is -2.96. The molecule has 0 aromatic carbocycles. The van der Waals surface area contributed by atoms with E-state index in [1.54, 1.807) is 0 Å². The molecule has 0 bridgehead atoms. The molecule has 0 aliphatic rings. The molecule has 14 heavy (non-hydrogen) atoms. The van der Waals surface area contributed by atoms with Gasteiger partial charge in [0, 0.05) is 20.4 Å². The molecule has 0 fully saturated rings. The standard InChI is InChI=1S/2CN.4CO.Na.Re/c6*1-2;;/q2*-1;;;;;+1;. The molecule has 0 aliphatic carbocycles. The summed E-state index contributed by atoms with van der Waals surface area (Å²) in [6.07, 6.45) is 0. The first-order valence-electron chi connectivity index (χ1n) is 1.26. The van der Waals surface area contributed by atoms with Crippen LogP contribution in [-0.4, -0.2) is 0 Å². The van der Waals surface area contributed by atoms with Crippen LogP contribution in [0.4, 0.5) is 0 Å². The van der Waals surface area contributed by atoms with Gasteiger partial charge in [0.1, 0.15) is 0 Å². The molecule has 0 saturated carbocycles. The van der Waals surface area contributed by atoms with Crippen LogP contribution in [0.25, 0.3) is 0 Å². The third kappa shape index (κ3) is 8250. The number of hydrogen-bond donors (Lipinski definition) is 0. The van der Waals surface area contributed by atoms with Crippen LogP contribution in [0.1, 0.15) is 0 Å². The topological polar surface area (TPSA) is 127 Å². The summed E-state index contributed by atoms with van der Waals surface area (Å²) < 4.78 is 30.0. The smallest absolute Gasteiger partial charge is 0 e. The molecule has 0 amide bonds. The van der Waals surface area contributed by atoms with Crippen LogP contribution in [0, 0.1) is 50.3 Å². The molecular weight excluding hydrogens is 373 g/mol. The zero-order valence-corrected chi connectivity index (χ0v) is 11.6. The third-order valence-corrected chi connectivity index (χ3v) is 0. The van der Waals surface area contributed by atoms with Crippen molar-refractivity contribution < 1.29 is 68.6 Å². The molecule has 6 nitrogen and oxygen atoms in total. The van der Waals surface area contributed by atoms with Crippen molar-refractivity contribution in [2.24, 2.45) is 0 Å². The van der Waals surface area contributed by atoms with E-state index in [9.17, 15) is 0 Å². The second kappa shape index (κ2) is 10700. The summed E-state index contributed by atoms with van der Waals surface area (Å²) in [4.78, 5) is 0. The quantitative estimate of drug-likeness (QED) is 0.256. The van der Waals surface area contributed by atoms with Crippen LogP contribution in [-0.2, 0) is 39.0 Å². The SMILES string of the molecule is [C-]#N.[C-]#N.[C-]#[O+].[C-]#[O+].[C-]#[O+].[C-]#[O+].[Na+].[Re]. The first kappa shape index (κ1) is 68.8. The van der Waals surface area contributed by atoms with Crippen molar-refractivity contribution in [3.63, 3.8) is 0 Å². The van der Waals surface area contributed by atoms with Gasteiger partial charge in [0.05, 0.1) is 0 Å². The van der Waals surface area contributed by atoms with Crippen molar-refractivity contribution in [3.05, 3.63) is 39.7 Å². The van der Waals surface area contributed by atoms with Gasteiger partial charge in [0.2, 0.25) is 0 Å². The zero-order chi connectivity index (χ0) is 12.0. The largest absolute Gasteiger partial charge is 1.00 e. The Morgan fingerprint density at radius 3 is 0.500 bits per heavy atom. The number of hydrogen-bond acceptors (Lipinski definition) is 2. The Hall–Kier alpha value is -0.398. The maximum atomic E-state index is 7.50. The molecule has 0 N–H and O–H groups in total. The summed E-state index contributed by atoms with van der Waals surface area (Å²) in [5, 5.41) is 12.5. The van der Waals surface area contributed by atoms with Gasteiger partial charge in [0.25, 0.3) is 0 Å². The van der Waals surface area contributed by atoms with E-state index in [4.69, 9.17) is 42.3 Å². The van der Waals surface area contributed by atoms with Gasteiger partial charge in [-0.25, -0.2) is 0 Å². The molecule has 0 unspecified atom stereocenters. The van der Waals surface area contributed by atoms with Crippen molar-refractivity contribution in [2.45, 2.75) is 0 Å². The summed E-state index contributed by atoms with van der Waals surface area (Å²) in [6, 6.07) is 0. The maximum absolute atomic E-state index is 7.50. The van der Waals surface area contributed by atoms with Gasteiger partial charge < -0.3 is 23.7 Å². The average molecular weight is 373 g/mol. The second-order valence-corrected chi connectivity index (χ2v) is 0. The van der Waals surface area contributed by atoms with Crippen LogP contribution < -0.4 is 29.6 Å². The van der Waals surface area contributed by atoms with E-state index in [0.29, 0.717) is 0 Å². The fourth-order valence-electron chi connectivity index (χ4n) is 0. The normalized spacial score (nSPS) is 0.857. The van der Waals surface area contributed by atoms with E-state index >= 15 is 0 Å². The Balaban J connectivity index is -0.00000000500. The third-order valence-electron chi connectivity index (χ3n) is 0. The van der Waals surface area contributed by atoms with Crippen LogP contribution >= 0.6 is 0 Å². The van der Waals surface area contributed by atoms with E-state index < -0.39 is 0 Å². The van der Waals surface area contributed by atoms with Gasteiger partial charge >= 0.3 is 74.8 Å².